The minimum absolute atomic E-state index is 0.313. The summed E-state index contributed by atoms with van der Waals surface area (Å²) >= 11 is 0. The van der Waals surface area contributed by atoms with Crippen LogP contribution in [-0.2, 0) is 9.31 Å². The van der Waals surface area contributed by atoms with Crippen LogP contribution in [0.3, 0.4) is 0 Å². The largest absolute Gasteiger partial charge is 0.494 e. The quantitative estimate of drug-likeness (QED) is 0.746. The molecule has 0 saturated carbocycles. The molecule has 3 rings (SSSR count). The van der Waals surface area contributed by atoms with Gasteiger partial charge in [0.1, 0.15) is 0 Å². The van der Waals surface area contributed by atoms with E-state index in [4.69, 9.17) is 9.31 Å². The zero-order chi connectivity index (χ0) is 14.5. The standard InChI is InChI=1S/C16H20BNO2/c1-11-6-7-12-8-9-13(10-14(12)18-11)17-19-15(2,3)16(4,5)20-17/h6-10H,1-5H3. The predicted molar refractivity (Wildman–Crippen MR) is 82.2 cm³/mol. The monoisotopic (exact) mass is 269 g/mol. The molecule has 0 spiro atoms. The first-order valence-electron chi connectivity index (χ1n) is 7.01. The van der Waals surface area contributed by atoms with Gasteiger partial charge in [-0.1, -0.05) is 18.2 Å². The lowest BCUT2D eigenvalue weighted by molar-refractivity contribution is 0.00578. The van der Waals surface area contributed by atoms with Crippen LogP contribution in [0.15, 0.2) is 30.3 Å². The van der Waals surface area contributed by atoms with Crippen molar-refractivity contribution < 1.29 is 9.31 Å². The molecule has 1 aromatic heterocycles. The van der Waals surface area contributed by atoms with Crippen LogP contribution < -0.4 is 5.46 Å². The highest BCUT2D eigenvalue weighted by Gasteiger charge is 2.51. The highest BCUT2D eigenvalue weighted by molar-refractivity contribution is 6.62. The van der Waals surface area contributed by atoms with E-state index >= 15 is 0 Å². The Bertz CT molecular complexity index is 651. The van der Waals surface area contributed by atoms with E-state index in [9.17, 15) is 0 Å². The Kier molecular flexibility index (Phi) is 2.92. The first-order valence-corrected chi connectivity index (χ1v) is 7.01. The maximum Gasteiger partial charge on any atom is 0.494 e. The summed E-state index contributed by atoms with van der Waals surface area (Å²) in [5, 5.41) is 1.14. The van der Waals surface area contributed by atoms with Gasteiger partial charge in [-0.3, -0.25) is 4.98 Å². The summed E-state index contributed by atoms with van der Waals surface area (Å²) in [6.07, 6.45) is 0. The number of nitrogens with zero attached hydrogens (tertiary/aromatic N) is 1. The second kappa shape index (κ2) is 4.30. The molecular formula is C16H20BNO2. The molecule has 3 nitrogen and oxygen atoms in total. The van der Waals surface area contributed by atoms with Crippen LogP contribution in [-0.4, -0.2) is 23.3 Å². The molecule has 20 heavy (non-hydrogen) atoms. The van der Waals surface area contributed by atoms with Gasteiger partial charge in [-0.2, -0.15) is 0 Å². The summed E-state index contributed by atoms with van der Waals surface area (Å²) < 4.78 is 12.2. The van der Waals surface area contributed by atoms with Gasteiger partial charge in [0.2, 0.25) is 0 Å². The molecule has 1 aromatic carbocycles. The van der Waals surface area contributed by atoms with E-state index < -0.39 is 0 Å². The molecule has 2 aromatic rings. The third-order valence-corrected chi connectivity index (χ3v) is 4.38. The number of fused-ring (bicyclic) bond motifs is 1. The Labute approximate surface area is 120 Å². The molecule has 0 atom stereocenters. The molecule has 104 valence electrons. The Balaban J connectivity index is 2.00. The molecule has 2 heterocycles. The summed E-state index contributed by atoms with van der Waals surface area (Å²) in [4.78, 5) is 4.57. The van der Waals surface area contributed by atoms with Crippen LogP contribution in [0.4, 0.5) is 0 Å². The molecule has 0 aliphatic carbocycles. The normalized spacial score (nSPS) is 20.6. The molecule has 0 radical (unpaired) electrons. The molecule has 1 aliphatic heterocycles. The van der Waals surface area contributed by atoms with Crippen LogP contribution >= 0.6 is 0 Å². The van der Waals surface area contributed by atoms with E-state index in [1.165, 1.54) is 0 Å². The lowest BCUT2D eigenvalue weighted by atomic mass is 9.79. The number of hydrogen-bond acceptors (Lipinski definition) is 3. The van der Waals surface area contributed by atoms with E-state index in [1.807, 2.05) is 13.0 Å². The minimum atomic E-state index is -0.327. The topological polar surface area (TPSA) is 31.4 Å². The highest BCUT2D eigenvalue weighted by Crippen LogP contribution is 2.36. The van der Waals surface area contributed by atoms with Crippen LogP contribution in [0.25, 0.3) is 10.9 Å². The first-order chi connectivity index (χ1) is 9.28. The van der Waals surface area contributed by atoms with Crippen molar-refractivity contribution in [3.05, 3.63) is 36.0 Å². The lowest BCUT2D eigenvalue weighted by Crippen LogP contribution is -2.41. The lowest BCUT2D eigenvalue weighted by Gasteiger charge is -2.32. The van der Waals surface area contributed by atoms with Gasteiger partial charge in [0.05, 0.1) is 16.7 Å². The van der Waals surface area contributed by atoms with Crippen molar-refractivity contribution in [1.29, 1.82) is 0 Å². The second-order valence-corrected chi connectivity index (χ2v) is 6.49. The minimum Gasteiger partial charge on any atom is -0.399 e. The fourth-order valence-corrected chi connectivity index (χ4v) is 2.36. The summed E-state index contributed by atoms with van der Waals surface area (Å²) in [5.41, 5.74) is 2.40. The van der Waals surface area contributed by atoms with Gasteiger partial charge in [0.15, 0.2) is 0 Å². The average molecular weight is 269 g/mol. The van der Waals surface area contributed by atoms with Crippen molar-refractivity contribution in [2.24, 2.45) is 0 Å². The highest BCUT2D eigenvalue weighted by atomic mass is 16.7. The van der Waals surface area contributed by atoms with Gasteiger partial charge >= 0.3 is 7.12 Å². The smallest absolute Gasteiger partial charge is 0.399 e. The Morgan fingerprint density at radius 3 is 2.20 bits per heavy atom. The second-order valence-electron chi connectivity index (χ2n) is 6.49. The van der Waals surface area contributed by atoms with Crippen molar-refractivity contribution in [3.8, 4) is 0 Å². The molecule has 0 N–H and O–H groups in total. The van der Waals surface area contributed by atoms with Gasteiger partial charge in [-0.25, -0.2) is 0 Å². The van der Waals surface area contributed by atoms with E-state index in [-0.39, 0.29) is 18.3 Å². The fraction of sp³-hybridized carbons (Fsp3) is 0.438. The molecule has 4 heteroatoms. The molecule has 1 aliphatic rings. The Morgan fingerprint density at radius 1 is 0.950 bits per heavy atom. The van der Waals surface area contributed by atoms with E-state index in [0.717, 1.165) is 22.1 Å². The molecule has 0 bridgehead atoms. The molecule has 0 unspecified atom stereocenters. The van der Waals surface area contributed by atoms with Crippen molar-refractivity contribution in [1.82, 2.24) is 4.98 Å². The first kappa shape index (κ1) is 13.6. The Hall–Kier alpha value is -1.39. The third kappa shape index (κ3) is 2.13. The van der Waals surface area contributed by atoms with Crippen molar-refractivity contribution in [2.75, 3.05) is 0 Å². The zero-order valence-corrected chi connectivity index (χ0v) is 12.7. The summed E-state index contributed by atoms with van der Waals surface area (Å²) in [6, 6.07) is 10.3. The number of rotatable bonds is 1. The molecular weight excluding hydrogens is 249 g/mol. The van der Waals surface area contributed by atoms with Gasteiger partial charge in [-0.15, -0.1) is 0 Å². The summed E-state index contributed by atoms with van der Waals surface area (Å²) in [7, 11) is -0.327. The number of aryl methyl sites for hydroxylation is 1. The zero-order valence-electron chi connectivity index (χ0n) is 12.7. The van der Waals surface area contributed by atoms with E-state index in [2.05, 4.69) is 56.9 Å². The molecule has 0 amide bonds. The van der Waals surface area contributed by atoms with Crippen molar-refractivity contribution >= 4 is 23.5 Å². The van der Waals surface area contributed by atoms with Gasteiger partial charge in [0.25, 0.3) is 0 Å². The maximum absolute atomic E-state index is 6.08. The number of aromatic nitrogens is 1. The predicted octanol–water partition coefficient (Wildman–Crippen LogP) is 2.84. The van der Waals surface area contributed by atoms with Crippen LogP contribution in [0, 0.1) is 6.92 Å². The van der Waals surface area contributed by atoms with Crippen molar-refractivity contribution in [2.45, 2.75) is 45.8 Å². The number of hydrogen-bond donors (Lipinski definition) is 0. The van der Waals surface area contributed by atoms with Crippen LogP contribution in [0.1, 0.15) is 33.4 Å². The van der Waals surface area contributed by atoms with Gasteiger partial charge in [-0.05, 0) is 52.2 Å². The number of benzene rings is 1. The van der Waals surface area contributed by atoms with Gasteiger partial charge < -0.3 is 9.31 Å². The maximum atomic E-state index is 6.08. The van der Waals surface area contributed by atoms with E-state index in [0.29, 0.717) is 0 Å². The third-order valence-electron chi connectivity index (χ3n) is 4.38. The fourth-order valence-electron chi connectivity index (χ4n) is 2.36. The molecule has 1 fully saturated rings. The average Bonchev–Trinajstić information content (AvgIpc) is 2.57. The van der Waals surface area contributed by atoms with Crippen molar-refractivity contribution in [3.63, 3.8) is 0 Å². The molecule has 1 saturated heterocycles. The van der Waals surface area contributed by atoms with Gasteiger partial charge in [0, 0.05) is 11.1 Å². The van der Waals surface area contributed by atoms with Crippen LogP contribution in [0.2, 0.25) is 0 Å². The summed E-state index contributed by atoms with van der Waals surface area (Å²) in [5.74, 6) is 0. The van der Waals surface area contributed by atoms with E-state index in [1.54, 1.807) is 0 Å². The number of pyridine rings is 1. The Morgan fingerprint density at radius 2 is 1.55 bits per heavy atom. The SMILES string of the molecule is Cc1ccc2ccc(B3OC(C)(C)C(C)(C)O3)cc2n1. The van der Waals surface area contributed by atoms with Crippen LogP contribution in [0.5, 0.6) is 0 Å². The summed E-state index contributed by atoms with van der Waals surface area (Å²) in [6.45, 7) is 10.3.